The van der Waals surface area contributed by atoms with E-state index >= 15 is 0 Å². The highest BCUT2D eigenvalue weighted by atomic mass is 35.5. The Bertz CT molecular complexity index is 578. The Morgan fingerprint density at radius 3 is 2.70 bits per heavy atom. The van der Waals surface area contributed by atoms with E-state index in [0.29, 0.717) is 12.3 Å². The molecule has 128 valence electrons. The molecule has 1 atom stereocenters. The molecule has 6 heteroatoms. The lowest BCUT2D eigenvalue weighted by Gasteiger charge is -2.34. The number of rotatable bonds is 4. The van der Waals surface area contributed by atoms with Gasteiger partial charge in [0.1, 0.15) is 0 Å². The minimum absolute atomic E-state index is 0. The van der Waals surface area contributed by atoms with Crippen molar-refractivity contribution >= 4 is 18.3 Å². The zero-order valence-electron chi connectivity index (χ0n) is 13.1. The van der Waals surface area contributed by atoms with Crippen LogP contribution in [0.2, 0.25) is 0 Å². The number of aryl methyl sites for hydroxylation is 1. The molecule has 2 N–H and O–H groups in total. The Balaban J connectivity index is 0.00000192. The number of halogens is 3. The van der Waals surface area contributed by atoms with Crippen LogP contribution in [0.1, 0.15) is 37.7 Å². The molecule has 1 aromatic rings. The number of amides is 1. The van der Waals surface area contributed by atoms with Gasteiger partial charge < -0.3 is 10.6 Å². The zero-order valence-corrected chi connectivity index (χ0v) is 13.9. The van der Waals surface area contributed by atoms with Gasteiger partial charge in [0.15, 0.2) is 11.6 Å². The number of piperidine rings is 1. The van der Waals surface area contributed by atoms with Gasteiger partial charge in [-0.25, -0.2) is 8.78 Å². The van der Waals surface area contributed by atoms with E-state index in [9.17, 15) is 13.6 Å². The molecule has 3 nitrogen and oxygen atoms in total. The third-order valence-corrected chi connectivity index (χ3v) is 4.85. The highest BCUT2D eigenvalue weighted by Crippen LogP contribution is 2.35. The van der Waals surface area contributed by atoms with Gasteiger partial charge in [-0.1, -0.05) is 6.07 Å². The van der Waals surface area contributed by atoms with Crippen molar-refractivity contribution in [3.05, 3.63) is 35.4 Å². The second-order valence-corrected chi connectivity index (χ2v) is 6.70. The van der Waals surface area contributed by atoms with Crippen LogP contribution >= 0.6 is 12.4 Å². The molecule has 0 spiro atoms. The first-order valence-corrected chi connectivity index (χ1v) is 8.00. The Labute approximate surface area is 141 Å². The molecule has 2 aliphatic rings. The second kappa shape index (κ2) is 7.14. The van der Waals surface area contributed by atoms with Gasteiger partial charge in [0, 0.05) is 13.1 Å². The summed E-state index contributed by atoms with van der Waals surface area (Å²) in [6.07, 6.45) is 5.24. The van der Waals surface area contributed by atoms with Crippen LogP contribution in [-0.4, -0.2) is 29.4 Å². The third-order valence-electron chi connectivity index (χ3n) is 4.85. The number of carbonyl (C=O) groups is 1. The van der Waals surface area contributed by atoms with E-state index < -0.39 is 17.2 Å². The van der Waals surface area contributed by atoms with Gasteiger partial charge in [-0.15, -0.1) is 12.4 Å². The number of likely N-dealkylation sites (tertiary alicyclic amines) is 1. The van der Waals surface area contributed by atoms with E-state index in [1.807, 2.05) is 4.90 Å². The molecule has 3 rings (SSSR count). The highest BCUT2D eigenvalue weighted by Gasteiger charge is 2.48. The summed E-state index contributed by atoms with van der Waals surface area (Å²) in [7, 11) is 0. The van der Waals surface area contributed by atoms with Gasteiger partial charge in [0.2, 0.25) is 5.91 Å². The van der Waals surface area contributed by atoms with Crippen LogP contribution in [0.25, 0.3) is 0 Å². The molecule has 1 aliphatic heterocycles. The van der Waals surface area contributed by atoms with E-state index in [1.54, 1.807) is 6.07 Å². The summed E-state index contributed by atoms with van der Waals surface area (Å²) in [5, 5.41) is 0. The first-order chi connectivity index (χ1) is 10.5. The van der Waals surface area contributed by atoms with Gasteiger partial charge in [0.05, 0.1) is 5.54 Å². The average Bonchev–Trinajstić information content (AvgIpc) is 3.27. The van der Waals surface area contributed by atoms with Crippen LogP contribution in [0.15, 0.2) is 18.2 Å². The lowest BCUT2D eigenvalue weighted by atomic mass is 9.91. The SMILES string of the molecule is Cl.NC1(C(=O)N2CCCC(CCc3ccc(F)c(F)c3)C2)CC1. The monoisotopic (exact) mass is 344 g/mol. The molecule has 0 bridgehead atoms. The maximum Gasteiger partial charge on any atom is 0.242 e. The van der Waals surface area contributed by atoms with Crippen molar-refractivity contribution in [3.8, 4) is 0 Å². The fourth-order valence-corrected chi connectivity index (χ4v) is 3.21. The normalized spacial score (nSPS) is 22.4. The number of hydrogen-bond donors (Lipinski definition) is 1. The number of carbonyl (C=O) groups excluding carboxylic acids is 1. The topological polar surface area (TPSA) is 46.3 Å². The molecular weight excluding hydrogens is 322 g/mol. The zero-order chi connectivity index (χ0) is 15.7. The minimum Gasteiger partial charge on any atom is -0.341 e. The summed E-state index contributed by atoms with van der Waals surface area (Å²) in [6, 6.07) is 4.07. The van der Waals surface area contributed by atoms with Crippen LogP contribution < -0.4 is 5.73 Å². The molecule has 1 aliphatic carbocycles. The molecule has 0 radical (unpaired) electrons. The predicted molar refractivity (Wildman–Crippen MR) is 87.4 cm³/mol. The van der Waals surface area contributed by atoms with Crippen molar-refractivity contribution in [2.24, 2.45) is 11.7 Å². The van der Waals surface area contributed by atoms with Crippen molar-refractivity contribution in [1.82, 2.24) is 4.90 Å². The van der Waals surface area contributed by atoms with E-state index in [4.69, 9.17) is 5.73 Å². The molecule has 1 amide bonds. The quantitative estimate of drug-likeness (QED) is 0.912. The maximum absolute atomic E-state index is 13.2. The van der Waals surface area contributed by atoms with Crippen LogP contribution in [0.5, 0.6) is 0 Å². The Morgan fingerprint density at radius 2 is 2.04 bits per heavy atom. The summed E-state index contributed by atoms with van der Waals surface area (Å²) in [5.74, 6) is -1.11. The fourth-order valence-electron chi connectivity index (χ4n) is 3.21. The summed E-state index contributed by atoms with van der Waals surface area (Å²) in [4.78, 5) is 14.2. The van der Waals surface area contributed by atoms with Crippen molar-refractivity contribution in [2.75, 3.05) is 13.1 Å². The van der Waals surface area contributed by atoms with Gasteiger partial charge in [-0.3, -0.25) is 4.79 Å². The van der Waals surface area contributed by atoms with Crippen LogP contribution in [0, 0.1) is 17.6 Å². The van der Waals surface area contributed by atoms with Crippen LogP contribution in [0.4, 0.5) is 8.78 Å². The Kier molecular flexibility index (Phi) is 5.63. The molecular formula is C17H23ClF2N2O. The van der Waals surface area contributed by atoms with Crippen molar-refractivity contribution in [1.29, 1.82) is 0 Å². The Hall–Kier alpha value is -1.20. The predicted octanol–water partition coefficient (Wildman–Crippen LogP) is 3.05. The first kappa shape index (κ1) is 18.1. The Morgan fingerprint density at radius 1 is 1.30 bits per heavy atom. The number of benzene rings is 1. The van der Waals surface area contributed by atoms with Crippen molar-refractivity contribution in [3.63, 3.8) is 0 Å². The van der Waals surface area contributed by atoms with E-state index in [0.717, 1.165) is 50.8 Å². The largest absolute Gasteiger partial charge is 0.341 e. The summed E-state index contributed by atoms with van der Waals surface area (Å²) in [5.41, 5.74) is 6.20. The smallest absolute Gasteiger partial charge is 0.242 e. The maximum atomic E-state index is 13.2. The molecule has 23 heavy (non-hydrogen) atoms. The van der Waals surface area contributed by atoms with Gasteiger partial charge >= 0.3 is 0 Å². The summed E-state index contributed by atoms with van der Waals surface area (Å²) in [6.45, 7) is 1.53. The van der Waals surface area contributed by atoms with Crippen molar-refractivity contribution in [2.45, 2.75) is 44.1 Å². The van der Waals surface area contributed by atoms with Crippen LogP contribution in [-0.2, 0) is 11.2 Å². The lowest BCUT2D eigenvalue weighted by Crippen LogP contribution is -2.49. The van der Waals surface area contributed by atoms with Crippen LogP contribution in [0.3, 0.4) is 0 Å². The van der Waals surface area contributed by atoms with Crippen molar-refractivity contribution < 1.29 is 13.6 Å². The highest BCUT2D eigenvalue weighted by molar-refractivity contribution is 5.89. The van der Waals surface area contributed by atoms with Gasteiger partial charge in [0.25, 0.3) is 0 Å². The number of nitrogens with two attached hydrogens (primary N) is 1. The molecule has 0 aromatic heterocycles. The fraction of sp³-hybridized carbons (Fsp3) is 0.588. The minimum atomic E-state index is -0.809. The second-order valence-electron chi connectivity index (χ2n) is 6.70. The van der Waals surface area contributed by atoms with E-state index in [-0.39, 0.29) is 18.3 Å². The molecule has 1 saturated heterocycles. The van der Waals surface area contributed by atoms with Gasteiger partial charge in [-0.05, 0) is 62.1 Å². The first-order valence-electron chi connectivity index (χ1n) is 8.00. The summed E-state index contributed by atoms with van der Waals surface area (Å²) >= 11 is 0. The lowest BCUT2D eigenvalue weighted by molar-refractivity contribution is -0.135. The third kappa shape index (κ3) is 4.21. The van der Waals surface area contributed by atoms with E-state index in [1.165, 1.54) is 12.1 Å². The standard InChI is InChI=1S/C17H22F2N2O.ClH/c18-14-6-5-12(10-15(14)19)3-4-13-2-1-9-21(11-13)16(22)17(20)7-8-17;/h5-6,10,13H,1-4,7-9,11,20H2;1H. The number of nitrogens with zero attached hydrogens (tertiary/aromatic N) is 1. The molecule has 1 saturated carbocycles. The molecule has 1 heterocycles. The molecule has 1 aromatic carbocycles. The average molecular weight is 345 g/mol. The molecule has 2 fully saturated rings. The van der Waals surface area contributed by atoms with Gasteiger partial charge in [-0.2, -0.15) is 0 Å². The van der Waals surface area contributed by atoms with E-state index in [2.05, 4.69) is 0 Å². The summed E-state index contributed by atoms with van der Waals surface area (Å²) < 4.78 is 26.1. The number of hydrogen-bond acceptors (Lipinski definition) is 2. The molecule has 1 unspecified atom stereocenters.